The summed E-state index contributed by atoms with van der Waals surface area (Å²) >= 11 is 0. The molecule has 1 aliphatic carbocycles. The zero-order valence-corrected chi connectivity index (χ0v) is 10.7. The van der Waals surface area contributed by atoms with Crippen LogP contribution < -0.4 is 11.1 Å². The van der Waals surface area contributed by atoms with Gasteiger partial charge in [0.05, 0.1) is 5.92 Å². The quantitative estimate of drug-likeness (QED) is 0.727. The summed E-state index contributed by atoms with van der Waals surface area (Å²) in [6, 6.07) is 0. The molecule has 1 aliphatic heterocycles. The molecule has 0 radical (unpaired) electrons. The first-order valence-electron chi connectivity index (χ1n) is 6.87. The van der Waals surface area contributed by atoms with Crippen LogP contribution in [0.1, 0.15) is 44.9 Å². The first-order valence-corrected chi connectivity index (χ1v) is 6.87. The van der Waals surface area contributed by atoms with E-state index >= 15 is 0 Å². The molecule has 2 rings (SSSR count). The maximum absolute atomic E-state index is 12.1. The molecule has 2 aliphatic rings. The van der Waals surface area contributed by atoms with Crippen LogP contribution in [0.4, 0.5) is 0 Å². The van der Waals surface area contributed by atoms with Gasteiger partial charge in [-0.15, -0.1) is 0 Å². The van der Waals surface area contributed by atoms with Gasteiger partial charge in [-0.25, -0.2) is 0 Å². The molecular formula is C13H22N2O3. The lowest BCUT2D eigenvalue weighted by molar-refractivity contribution is -0.175. The van der Waals surface area contributed by atoms with Crippen molar-refractivity contribution < 1.29 is 14.3 Å². The number of amides is 1. The summed E-state index contributed by atoms with van der Waals surface area (Å²) in [5, 5.41) is 3.18. The second-order valence-corrected chi connectivity index (χ2v) is 5.38. The number of nitrogens with one attached hydrogen (secondary N) is 1. The molecule has 18 heavy (non-hydrogen) atoms. The molecule has 0 bridgehead atoms. The van der Waals surface area contributed by atoms with E-state index in [1.165, 1.54) is 0 Å². The topological polar surface area (TPSA) is 81.4 Å². The summed E-state index contributed by atoms with van der Waals surface area (Å²) in [4.78, 5) is 23.7. The summed E-state index contributed by atoms with van der Waals surface area (Å²) in [6.07, 6.45) is 5.85. The molecule has 0 aromatic rings. The third kappa shape index (κ3) is 2.83. The number of hydrogen-bond acceptors (Lipinski definition) is 4. The first-order chi connectivity index (χ1) is 8.64. The maximum Gasteiger partial charge on any atom is 0.311 e. The van der Waals surface area contributed by atoms with Crippen molar-refractivity contribution in [2.24, 2.45) is 11.7 Å². The van der Waals surface area contributed by atoms with Gasteiger partial charge < -0.3 is 15.8 Å². The summed E-state index contributed by atoms with van der Waals surface area (Å²) in [6.45, 7) is 1.60. The predicted octanol–water partition coefficient (Wildman–Crippen LogP) is 0.717. The van der Waals surface area contributed by atoms with Gasteiger partial charge in [0.1, 0.15) is 0 Å². The van der Waals surface area contributed by atoms with Crippen LogP contribution in [0.25, 0.3) is 0 Å². The van der Waals surface area contributed by atoms with Gasteiger partial charge in [0.25, 0.3) is 5.91 Å². The Morgan fingerprint density at radius 3 is 2.44 bits per heavy atom. The van der Waals surface area contributed by atoms with Crippen molar-refractivity contribution in [3.63, 3.8) is 0 Å². The van der Waals surface area contributed by atoms with Gasteiger partial charge in [-0.05, 0) is 45.1 Å². The third-order valence-electron chi connectivity index (χ3n) is 4.04. The van der Waals surface area contributed by atoms with Crippen LogP contribution in [-0.2, 0) is 14.3 Å². The Bertz CT molecular complexity index is 318. The molecule has 1 saturated carbocycles. The van der Waals surface area contributed by atoms with Gasteiger partial charge in [0.2, 0.25) is 0 Å². The highest BCUT2D eigenvalue weighted by Crippen LogP contribution is 2.32. The van der Waals surface area contributed by atoms with E-state index in [0.29, 0.717) is 19.4 Å². The second kappa shape index (κ2) is 5.69. The number of nitrogens with two attached hydrogens (primary N) is 1. The van der Waals surface area contributed by atoms with E-state index in [1.807, 2.05) is 0 Å². The molecule has 1 saturated heterocycles. The molecule has 102 valence electrons. The summed E-state index contributed by atoms with van der Waals surface area (Å²) in [5.41, 5.74) is 4.41. The van der Waals surface area contributed by atoms with Gasteiger partial charge in [-0.3, -0.25) is 9.59 Å². The molecule has 0 spiro atoms. The molecule has 5 nitrogen and oxygen atoms in total. The van der Waals surface area contributed by atoms with E-state index in [9.17, 15) is 9.59 Å². The Morgan fingerprint density at radius 2 is 1.89 bits per heavy atom. The van der Waals surface area contributed by atoms with Crippen molar-refractivity contribution in [3.05, 3.63) is 0 Å². The van der Waals surface area contributed by atoms with Crippen molar-refractivity contribution in [2.45, 2.75) is 50.5 Å². The molecule has 2 fully saturated rings. The Labute approximate surface area is 107 Å². The second-order valence-electron chi connectivity index (χ2n) is 5.38. The van der Waals surface area contributed by atoms with Crippen molar-refractivity contribution >= 4 is 11.9 Å². The number of ether oxygens (including phenoxy) is 1. The van der Waals surface area contributed by atoms with E-state index in [4.69, 9.17) is 10.5 Å². The summed E-state index contributed by atoms with van der Waals surface area (Å²) < 4.78 is 5.53. The van der Waals surface area contributed by atoms with Crippen molar-refractivity contribution in [3.8, 4) is 0 Å². The lowest BCUT2D eigenvalue weighted by Crippen LogP contribution is -2.50. The Hall–Kier alpha value is -1.10. The Morgan fingerprint density at radius 1 is 1.17 bits per heavy atom. The van der Waals surface area contributed by atoms with Gasteiger partial charge in [0, 0.05) is 6.54 Å². The fraction of sp³-hybridized carbons (Fsp3) is 0.846. The number of hydrogen-bond donors (Lipinski definition) is 2. The Kier molecular flexibility index (Phi) is 4.22. The highest BCUT2D eigenvalue weighted by molar-refractivity contribution is 5.87. The zero-order valence-electron chi connectivity index (χ0n) is 10.7. The van der Waals surface area contributed by atoms with Crippen molar-refractivity contribution in [1.29, 1.82) is 0 Å². The molecular weight excluding hydrogens is 232 g/mol. The van der Waals surface area contributed by atoms with E-state index in [1.54, 1.807) is 0 Å². The molecule has 1 heterocycles. The number of esters is 1. The van der Waals surface area contributed by atoms with Crippen LogP contribution in [-0.4, -0.2) is 30.6 Å². The molecule has 1 amide bonds. The van der Waals surface area contributed by atoms with E-state index in [2.05, 4.69) is 5.32 Å². The van der Waals surface area contributed by atoms with Crippen LogP contribution in [0.3, 0.4) is 0 Å². The number of primary amides is 1. The highest BCUT2D eigenvalue weighted by Gasteiger charge is 2.43. The van der Waals surface area contributed by atoms with E-state index in [-0.39, 0.29) is 11.9 Å². The fourth-order valence-electron chi connectivity index (χ4n) is 2.85. The molecule has 5 heteroatoms. The van der Waals surface area contributed by atoms with Crippen LogP contribution in [0.15, 0.2) is 0 Å². The van der Waals surface area contributed by atoms with Gasteiger partial charge >= 0.3 is 5.97 Å². The maximum atomic E-state index is 12.1. The van der Waals surface area contributed by atoms with Gasteiger partial charge in [0.15, 0.2) is 5.60 Å². The minimum Gasteiger partial charge on any atom is -0.449 e. The third-order valence-corrected chi connectivity index (χ3v) is 4.04. The van der Waals surface area contributed by atoms with Crippen molar-refractivity contribution in [1.82, 2.24) is 5.32 Å². The minimum absolute atomic E-state index is 0.128. The molecule has 3 N–H and O–H groups in total. The molecule has 1 atom stereocenters. The lowest BCUT2D eigenvalue weighted by Gasteiger charge is -2.35. The summed E-state index contributed by atoms with van der Waals surface area (Å²) in [7, 11) is 0. The lowest BCUT2D eigenvalue weighted by atomic mass is 9.84. The Balaban J connectivity index is 1.99. The minimum atomic E-state index is -1.03. The van der Waals surface area contributed by atoms with Crippen LogP contribution in [0.5, 0.6) is 0 Å². The van der Waals surface area contributed by atoms with Crippen LogP contribution >= 0.6 is 0 Å². The van der Waals surface area contributed by atoms with Crippen molar-refractivity contribution in [2.75, 3.05) is 13.1 Å². The van der Waals surface area contributed by atoms with Gasteiger partial charge in [-0.1, -0.05) is 6.42 Å². The molecule has 1 unspecified atom stereocenters. The van der Waals surface area contributed by atoms with E-state index < -0.39 is 11.5 Å². The SMILES string of the molecule is NC(=O)C1(OC(=O)C2CCCNC2)CCCCC1. The number of carbonyl (C=O) groups excluding carboxylic acids is 2. The van der Waals surface area contributed by atoms with Crippen LogP contribution in [0, 0.1) is 5.92 Å². The average molecular weight is 254 g/mol. The standard InChI is InChI=1S/C13H22N2O3/c14-12(17)13(6-2-1-3-7-13)18-11(16)10-5-4-8-15-9-10/h10,15H,1-9H2,(H2,14,17). The fourth-order valence-corrected chi connectivity index (χ4v) is 2.85. The smallest absolute Gasteiger partial charge is 0.311 e. The zero-order chi connectivity index (χ0) is 13.0. The predicted molar refractivity (Wildman–Crippen MR) is 66.7 cm³/mol. The highest BCUT2D eigenvalue weighted by atomic mass is 16.6. The normalized spacial score (nSPS) is 27.4. The van der Waals surface area contributed by atoms with Gasteiger partial charge in [-0.2, -0.15) is 0 Å². The average Bonchev–Trinajstić information content (AvgIpc) is 2.40. The van der Waals surface area contributed by atoms with E-state index in [0.717, 1.165) is 38.6 Å². The summed E-state index contributed by atoms with van der Waals surface area (Å²) in [5.74, 6) is -0.876. The number of carbonyl (C=O) groups is 2. The largest absolute Gasteiger partial charge is 0.449 e. The first kappa shape index (κ1) is 13.3. The number of piperidine rings is 1. The monoisotopic (exact) mass is 254 g/mol. The molecule has 0 aromatic carbocycles. The van der Waals surface area contributed by atoms with Crippen LogP contribution in [0.2, 0.25) is 0 Å². The number of rotatable bonds is 3. The molecule has 0 aromatic heterocycles.